The molecule has 1 unspecified atom stereocenters. The van der Waals surface area contributed by atoms with E-state index in [9.17, 15) is 4.79 Å². The van der Waals surface area contributed by atoms with Gasteiger partial charge in [0.2, 0.25) is 0 Å². The van der Waals surface area contributed by atoms with Gasteiger partial charge in [0.1, 0.15) is 5.82 Å². The van der Waals surface area contributed by atoms with E-state index in [-0.39, 0.29) is 16.6 Å². The molecule has 0 fully saturated rings. The van der Waals surface area contributed by atoms with Gasteiger partial charge in [0.25, 0.3) is 0 Å². The van der Waals surface area contributed by atoms with Crippen LogP contribution in [0.5, 0.6) is 0 Å². The molecule has 0 aliphatic heterocycles. The predicted octanol–water partition coefficient (Wildman–Crippen LogP) is 2.99. The number of hydrogen-bond acceptors (Lipinski definition) is 4. The van der Waals surface area contributed by atoms with E-state index in [0.29, 0.717) is 5.82 Å². The van der Waals surface area contributed by atoms with Crippen molar-refractivity contribution < 1.29 is 9.90 Å². The third-order valence-corrected chi connectivity index (χ3v) is 3.60. The second kappa shape index (κ2) is 6.71. The molecule has 1 aromatic rings. The Kier molecular flexibility index (Phi) is 5.58. The maximum atomic E-state index is 10.9. The Labute approximate surface area is 110 Å². The maximum absolute atomic E-state index is 10.9. The Hall–Kier alpha value is -0.940. The van der Waals surface area contributed by atoms with Gasteiger partial charge in [-0.3, -0.25) is 0 Å². The quantitative estimate of drug-likeness (QED) is 0.835. The molecule has 0 radical (unpaired) electrons. The highest BCUT2D eigenvalue weighted by Gasteiger charge is 2.14. The summed E-state index contributed by atoms with van der Waals surface area (Å²) in [6, 6.07) is 1.58. The molecular formula is C11H15ClN2O2S. The minimum atomic E-state index is -1.05. The number of anilines is 1. The van der Waals surface area contributed by atoms with Gasteiger partial charge in [-0.25, -0.2) is 9.78 Å². The van der Waals surface area contributed by atoms with Crippen molar-refractivity contribution in [1.82, 2.24) is 4.98 Å². The van der Waals surface area contributed by atoms with Crippen LogP contribution in [-0.4, -0.2) is 33.6 Å². The zero-order chi connectivity index (χ0) is 12.8. The summed E-state index contributed by atoms with van der Waals surface area (Å²) >= 11 is 7.77. The van der Waals surface area contributed by atoms with Gasteiger partial charge in [0, 0.05) is 18.0 Å². The van der Waals surface area contributed by atoms with Crippen LogP contribution >= 0.6 is 23.4 Å². The summed E-state index contributed by atoms with van der Waals surface area (Å²) in [4.78, 5) is 14.9. The van der Waals surface area contributed by atoms with Crippen molar-refractivity contribution >= 4 is 35.1 Å². The summed E-state index contributed by atoms with van der Waals surface area (Å²) in [7, 11) is 0. The van der Waals surface area contributed by atoms with Crippen molar-refractivity contribution in [1.29, 1.82) is 0 Å². The van der Waals surface area contributed by atoms with E-state index < -0.39 is 5.97 Å². The van der Waals surface area contributed by atoms with Crippen LogP contribution in [0.1, 0.15) is 24.2 Å². The largest absolute Gasteiger partial charge is 0.478 e. The van der Waals surface area contributed by atoms with Gasteiger partial charge in [-0.1, -0.05) is 18.5 Å². The lowest BCUT2D eigenvalue weighted by atomic mass is 10.2. The van der Waals surface area contributed by atoms with Crippen LogP contribution in [0.25, 0.3) is 0 Å². The number of carbonyl (C=O) groups is 1. The standard InChI is InChI=1S/C11H15ClN2O2S/c1-3-17-6-7(2)14-10-9(12)8(11(15)16)4-5-13-10/h4-5,7H,3,6H2,1-2H3,(H,13,14)(H,15,16). The van der Waals surface area contributed by atoms with Gasteiger partial charge in [-0.15, -0.1) is 0 Å². The van der Waals surface area contributed by atoms with E-state index in [4.69, 9.17) is 16.7 Å². The average molecular weight is 275 g/mol. The molecule has 94 valence electrons. The van der Waals surface area contributed by atoms with E-state index >= 15 is 0 Å². The summed E-state index contributed by atoms with van der Waals surface area (Å²) < 4.78 is 0. The minimum Gasteiger partial charge on any atom is -0.478 e. The van der Waals surface area contributed by atoms with E-state index in [2.05, 4.69) is 17.2 Å². The van der Waals surface area contributed by atoms with Gasteiger partial charge < -0.3 is 10.4 Å². The third kappa shape index (κ3) is 4.09. The number of rotatable bonds is 6. The summed E-state index contributed by atoms with van der Waals surface area (Å²) in [5.41, 5.74) is 0.0690. The first-order valence-electron chi connectivity index (χ1n) is 5.28. The number of aromatic nitrogens is 1. The Morgan fingerprint density at radius 1 is 1.71 bits per heavy atom. The molecule has 0 spiro atoms. The topological polar surface area (TPSA) is 62.2 Å². The van der Waals surface area contributed by atoms with E-state index in [1.54, 1.807) is 11.8 Å². The smallest absolute Gasteiger partial charge is 0.337 e. The highest BCUT2D eigenvalue weighted by molar-refractivity contribution is 7.99. The van der Waals surface area contributed by atoms with Crippen LogP contribution in [0.4, 0.5) is 5.82 Å². The van der Waals surface area contributed by atoms with Crippen LogP contribution in [0.3, 0.4) is 0 Å². The molecule has 1 heterocycles. The van der Waals surface area contributed by atoms with Crippen molar-refractivity contribution in [2.75, 3.05) is 16.8 Å². The van der Waals surface area contributed by atoms with Crippen LogP contribution in [0, 0.1) is 0 Å². The molecule has 0 saturated heterocycles. The Morgan fingerprint density at radius 3 is 3.00 bits per heavy atom. The molecule has 2 N–H and O–H groups in total. The maximum Gasteiger partial charge on any atom is 0.337 e. The fraction of sp³-hybridized carbons (Fsp3) is 0.455. The Morgan fingerprint density at radius 2 is 2.41 bits per heavy atom. The number of hydrogen-bond donors (Lipinski definition) is 2. The number of aromatic carboxylic acids is 1. The normalized spacial score (nSPS) is 12.2. The molecule has 4 nitrogen and oxygen atoms in total. The lowest BCUT2D eigenvalue weighted by Gasteiger charge is -2.15. The number of thioether (sulfide) groups is 1. The first-order chi connectivity index (χ1) is 8.06. The van der Waals surface area contributed by atoms with Crippen LogP contribution in [-0.2, 0) is 0 Å². The lowest BCUT2D eigenvalue weighted by Crippen LogP contribution is -2.19. The number of nitrogens with one attached hydrogen (secondary N) is 1. The molecule has 1 aromatic heterocycles. The number of pyridine rings is 1. The molecule has 6 heteroatoms. The predicted molar refractivity (Wildman–Crippen MR) is 72.3 cm³/mol. The van der Waals surface area contributed by atoms with Crippen molar-refractivity contribution in [2.45, 2.75) is 19.9 Å². The molecule has 0 aliphatic rings. The van der Waals surface area contributed by atoms with Gasteiger partial charge >= 0.3 is 5.97 Å². The summed E-state index contributed by atoms with van der Waals surface area (Å²) in [6.07, 6.45) is 1.44. The molecule has 0 aromatic carbocycles. The molecule has 0 saturated carbocycles. The molecular weight excluding hydrogens is 260 g/mol. The number of carboxylic acid groups (broad SMARTS) is 1. The summed E-state index contributed by atoms with van der Waals surface area (Å²) in [5, 5.41) is 12.2. The third-order valence-electron chi connectivity index (χ3n) is 2.07. The molecule has 0 aliphatic carbocycles. The second-order valence-electron chi connectivity index (χ2n) is 3.53. The first-order valence-corrected chi connectivity index (χ1v) is 6.81. The first kappa shape index (κ1) is 14.1. The molecule has 17 heavy (non-hydrogen) atoms. The van der Waals surface area contributed by atoms with Gasteiger partial charge in [0.05, 0.1) is 10.6 Å². The van der Waals surface area contributed by atoms with Crippen LogP contribution in [0.2, 0.25) is 5.02 Å². The molecule has 0 amide bonds. The fourth-order valence-corrected chi connectivity index (χ4v) is 2.20. The van der Waals surface area contributed by atoms with Gasteiger partial charge in [-0.2, -0.15) is 11.8 Å². The van der Waals surface area contributed by atoms with Crippen LogP contribution in [0.15, 0.2) is 12.3 Å². The SMILES string of the molecule is CCSCC(C)Nc1nccc(C(=O)O)c1Cl. The van der Waals surface area contributed by atoms with Crippen molar-refractivity contribution in [3.8, 4) is 0 Å². The highest BCUT2D eigenvalue weighted by Crippen LogP contribution is 2.24. The fourth-order valence-electron chi connectivity index (χ4n) is 1.28. The van der Waals surface area contributed by atoms with Gasteiger partial charge in [-0.05, 0) is 18.7 Å². The number of nitrogens with zero attached hydrogens (tertiary/aromatic N) is 1. The molecule has 0 bridgehead atoms. The van der Waals surface area contributed by atoms with E-state index in [0.717, 1.165) is 11.5 Å². The second-order valence-corrected chi connectivity index (χ2v) is 5.23. The zero-order valence-corrected chi connectivity index (χ0v) is 11.3. The highest BCUT2D eigenvalue weighted by atomic mass is 35.5. The molecule has 1 rings (SSSR count). The van der Waals surface area contributed by atoms with Crippen molar-refractivity contribution in [3.63, 3.8) is 0 Å². The van der Waals surface area contributed by atoms with E-state index in [1.165, 1.54) is 12.3 Å². The Bertz CT molecular complexity index is 401. The van der Waals surface area contributed by atoms with Crippen molar-refractivity contribution in [3.05, 3.63) is 22.8 Å². The van der Waals surface area contributed by atoms with Crippen molar-refractivity contribution in [2.24, 2.45) is 0 Å². The van der Waals surface area contributed by atoms with E-state index in [1.807, 2.05) is 6.92 Å². The summed E-state index contributed by atoms with van der Waals surface area (Å²) in [6.45, 7) is 4.10. The van der Waals surface area contributed by atoms with Crippen LogP contribution < -0.4 is 5.32 Å². The molecule has 1 atom stereocenters. The number of halogens is 1. The monoisotopic (exact) mass is 274 g/mol. The van der Waals surface area contributed by atoms with Gasteiger partial charge in [0.15, 0.2) is 0 Å². The lowest BCUT2D eigenvalue weighted by molar-refractivity contribution is 0.0697. The number of carboxylic acids is 1. The Balaban J connectivity index is 2.77. The minimum absolute atomic E-state index is 0.0690. The zero-order valence-electron chi connectivity index (χ0n) is 9.74. The summed E-state index contributed by atoms with van der Waals surface area (Å²) in [5.74, 6) is 1.35. The average Bonchev–Trinajstić information content (AvgIpc) is 2.28.